The molecule has 1 aliphatic carbocycles. The molecule has 0 saturated heterocycles. The normalized spacial score (nSPS) is 22.9. The van der Waals surface area contributed by atoms with E-state index in [2.05, 4.69) is 0 Å². The minimum Gasteiger partial charge on any atom is -0.496 e. The van der Waals surface area contributed by atoms with Crippen LogP contribution in [0.15, 0.2) is 18.2 Å². The summed E-state index contributed by atoms with van der Waals surface area (Å²) in [5.74, 6) is -0.0638. The van der Waals surface area contributed by atoms with Crippen LogP contribution < -0.4 is 4.74 Å². The minimum atomic E-state index is -1.08. The summed E-state index contributed by atoms with van der Waals surface area (Å²) < 4.78 is 10.5. The van der Waals surface area contributed by atoms with E-state index >= 15 is 0 Å². The molecule has 1 aromatic carbocycles. The largest absolute Gasteiger partial charge is 0.496 e. The van der Waals surface area contributed by atoms with Crippen molar-refractivity contribution in [1.82, 2.24) is 0 Å². The van der Waals surface area contributed by atoms with Crippen molar-refractivity contribution in [3.8, 4) is 5.75 Å². The van der Waals surface area contributed by atoms with Gasteiger partial charge in [0.2, 0.25) is 0 Å². The summed E-state index contributed by atoms with van der Waals surface area (Å²) in [5.41, 5.74) is 1.02. The Kier molecular flexibility index (Phi) is 3.07. The third kappa shape index (κ3) is 1.89. The highest BCUT2D eigenvalue weighted by Crippen LogP contribution is 2.35. The molecule has 0 aromatic heterocycles. The predicted octanol–water partition coefficient (Wildman–Crippen LogP) is 1.65. The Bertz CT molecular complexity index is 441. The van der Waals surface area contributed by atoms with E-state index in [-0.39, 0.29) is 0 Å². The van der Waals surface area contributed by atoms with Gasteiger partial charge in [0.05, 0.1) is 7.11 Å². The first-order valence-electron chi connectivity index (χ1n) is 5.56. The van der Waals surface area contributed by atoms with Crippen LogP contribution in [-0.4, -0.2) is 30.9 Å². The van der Waals surface area contributed by atoms with Crippen molar-refractivity contribution < 1.29 is 19.4 Å². The van der Waals surface area contributed by atoms with Gasteiger partial charge in [-0.15, -0.1) is 0 Å². The lowest BCUT2D eigenvalue weighted by Crippen LogP contribution is -2.45. The molecule has 4 heteroatoms. The van der Waals surface area contributed by atoms with Gasteiger partial charge < -0.3 is 14.6 Å². The van der Waals surface area contributed by atoms with E-state index in [0.717, 1.165) is 16.9 Å². The van der Waals surface area contributed by atoms with Gasteiger partial charge in [0.1, 0.15) is 5.75 Å². The van der Waals surface area contributed by atoms with E-state index in [9.17, 15) is 9.90 Å². The fourth-order valence-electron chi connectivity index (χ4n) is 2.42. The van der Waals surface area contributed by atoms with Crippen LogP contribution in [0, 0.1) is 0 Å². The standard InChI is InChI=1S/C13H16O4/c1-16-11-5-3-4-9-8-13(17-2,12(14)15)7-6-10(9)11/h3-5H,6-8H2,1-2H3,(H,14,15). The SMILES string of the molecule is COc1cccc2c1CCC(OC)(C(=O)O)C2. The number of carboxylic acid groups (broad SMARTS) is 1. The maximum atomic E-state index is 11.3. The summed E-state index contributed by atoms with van der Waals surface area (Å²) in [6, 6.07) is 5.72. The number of carbonyl (C=O) groups is 1. The van der Waals surface area contributed by atoms with Crippen molar-refractivity contribution in [1.29, 1.82) is 0 Å². The molecule has 4 nitrogen and oxygen atoms in total. The van der Waals surface area contributed by atoms with E-state index in [0.29, 0.717) is 19.3 Å². The maximum Gasteiger partial charge on any atom is 0.336 e. The Balaban J connectivity index is 2.40. The number of methoxy groups -OCH3 is 2. The highest BCUT2D eigenvalue weighted by Gasteiger charge is 2.42. The Morgan fingerprint density at radius 2 is 2.18 bits per heavy atom. The van der Waals surface area contributed by atoms with E-state index in [1.807, 2.05) is 18.2 Å². The van der Waals surface area contributed by atoms with Crippen LogP contribution in [0.3, 0.4) is 0 Å². The summed E-state index contributed by atoms with van der Waals surface area (Å²) in [6.45, 7) is 0. The molecule has 1 atom stereocenters. The number of carboxylic acids is 1. The molecule has 2 rings (SSSR count). The molecule has 0 saturated carbocycles. The van der Waals surface area contributed by atoms with Gasteiger partial charge in [-0.05, 0) is 30.0 Å². The van der Waals surface area contributed by atoms with Gasteiger partial charge in [-0.2, -0.15) is 0 Å². The molecule has 1 aliphatic rings. The van der Waals surface area contributed by atoms with Crippen molar-refractivity contribution in [2.24, 2.45) is 0 Å². The van der Waals surface area contributed by atoms with Gasteiger partial charge in [0, 0.05) is 13.5 Å². The molecular weight excluding hydrogens is 220 g/mol. The first-order chi connectivity index (χ1) is 8.13. The Labute approximate surface area is 100 Å². The van der Waals surface area contributed by atoms with Crippen LogP contribution in [-0.2, 0) is 22.4 Å². The van der Waals surface area contributed by atoms with E-state index in [1.165, 1.54) is 7.11 Å². The van der Waals surface area contributed by atoms with Gasteiger partial charge in [0.25, 0.3) is 0 Å². The van der Waals surface area contributed by atoms with Gasteiger partial charge in [-0.3, -0.25) is 0 Å². The number of ether oxygens (including phenoxy) is 2. The third-order valence-corrected chi connectivity index (χ3v) is 3.49. The Morgan fingerprint density at radius 1 is 1.41 bits per heavy atom. The first kappa shape index (κ1) is 11.9. The fourth-order valence-corrected chi connectivity index (χ4v) is 2.42. The van der Waals surface area contributed by atoms with Crippen LogP contribution in [0.4, 0.5) is 0 Å². The van der Waals surface area contributed by atoms with Gasteiger partial charge in [-0.25, -0.2) is 4.79 Å². The second kappa shape index (κ2) is 4.37. The van der Waals surface area contributed by atoms with Crippen molar-refractivity contribution in [2.45, 2.75) is 24.9 Å². The highest BCUT2D eigenvalue weighted by molar-refractivity contribution is 5.78. The second-order valence-corrected chi connectivity index (χ2v) is 4.28. The summed E-state index contributed by atoms with van der Waals surface area (Å²) in [6.07, 6.45) is 1.54. The molecule has 0 fully saturated rings. The highest BCUT2D eigenvalue weighted by atomic mass is 16.5. The Morgan fingerprint density at radius 3 is 2.76 bits per heavy atom. The molecular formula is C13H16O4. The maximum absolute atomic E-state index is 11.3. The molecule has 0 radical (unpaired) electrons. The zero-order chi connectivity index (χ0) is 12.5. The van der Waals surface area contributed by atoms with E-state index in [4.69, 9.17) is 9.47 Å². The van der Waals surface area contributed by atoms with E-state index < -0.39 is 11.6 Å². The van der Waals surface area contributed by atoms with Crippen molar-refractivity contribution in [3.63, 3.8) is 0 Å². The summed E-state index contributed by atoms with van der Waals surface area (Å²) in [4.78, 5) is 11.3. The molecule has 0 bridgehead atoms. The lowest BCUT2D eigenvalue weighted by molar-refractivity contribution is -0.163. The van der Waals surface area contributed by atoms with Gasteiger partial charge in [-0.1, -0.05) is 12.1 Å². The van der Waals surface area contributed by atoms with Crippen LogP contribution in [0.2, 0.25) is 0 Å². The average molecular weight is 236 g/mol. The van der Waals surface area contributed by atoms with Crippen LogP contribution in [0.1, 0.15) is 17.5 Å². The predicted molar refractivity (Wildman–Crippen MR) is 62.4 cm³/mol. The summed E-state index contributed by atoms with van der Waals surface area (Å²) in [5, 5.41) is 9.28. The van der Waals surface area contributed by atoms with E-state index in [1.54, 1.807) is 7.11 Å². The monoisotopic (exact) mass is 236 g/mol. The number of rotatable bonds is 3. The van der Waals surface area contributed by atoms with Crippen molar-refractivity contribution in [2.75, 3.05) is 14.2 Å². The minimum absolute atomic E-state index is 0.394. The lowest BCUT2D eigenvalue weighted by atomic mass is 9.80. The number of aliphatic carboxylic acids is 1. The van der Waals surface area contributed by atoms with Crippen LogP contribution in [0.25, 0.3) is 0 Å². The molecule has 0 amide bonds. The molecule has 1 unspecified atom stereocenters. The number of hydrogen-bond donors (Lipinski definition) is 1. The van der Waals surface area contributed by atoms with Crippen molar-refractivity contribution in [3.05, 3.63) is 29.3 Å². The zero-order valence-corrected chi connectivity index (χ0v) is 10.0. The van der Waals surface area contributed by atoms with Gasteiger partial charge in [0.15, 0.2) is 5.60 Å². The first-order valence-corrected chi connectivity index (χ1v) is 5.56. The molecule has 1 aromatic rings. The molecule has 0 heterocycles. The number of hydrogen-bond acceptors (Lipinski definition) is 3. The number of fused-ring (bicyclic) bond motifs is 1. The molecule has 0 spiro atoms. The van der Waals surface area contributed by atoms with Crippen LogP contribution in [0.5, 0.6) is 5.75 Å². The van der Waals surface area contributed by atoms with Crippen LogP contribution >= 0.6 is 0 Å². The molecule has 92 valence electrons. The molecule has 0 aliphatic heterocycles. The zero-order valence-electron chi connectivity index (χ0n) is 10.0. The lowest BCUT2D eigenvalue weighted by Gasteiger charge is -2.33. The second-order valence-electron chi connectivity index (χ2n) is 4.28. The van der Waals surface area contributed by atoms with Crippen molar-refractivity contribution >= 4 is 5.97 Å². The smallest absolute Gasteiger partial charge is 0.336 e. The molecule has 17 heavy (non-hydrogen) atoms. The fraction of sp³-hybridized carbons (Fsp3) is 0.462. The Hall–Kier alpha value is -1.55. The topological polar surface area (TPSA) is 55.8 Å². The quantitative estimate of drug-likeness (QED) is 0.867. The summed E-state index contributed by atoms with van der Waals surface area (Å²) in [7, 11) is 3.09. The average Bonchev–Trinajstić information content (AvgIpc) is 2.36. The number of benzene rings is 1. The molecule has 1 N–H and O–H groups in total. The third-order valence-electron chi connectivity index (χ3n) is 3.49. The van der Waals surface area contributed by atoms with Gasteiger partial charge >= 0.3 is 5.97 Å². The summed E-state index contributed by atoms with van der Waals surface area (Å²) >= 11 is 0.